The molecule has 0 amide bonds. The van der Waals surface area contributed by atoms with Crippen LogP contribution in [0.25, 0.3) is 0 Å². The van der Waals surface area contributed by atoms with Crippen LogP contribution in [0.1, 0.15) is 33.6 Å². The topological polar surface area (TPSA) is 3.24 Å². The zero-order valence-electron chi connectivity index (χ0n) is 9.14. The summed E-state index contributed by atoms with van der Waals surface area (Å²) in [5, 5.41) is 0. The zero-order chi connectivity index (χ0) is 9.84. The Morgan fingerprint density at radius 1 is 1.31 bits per heavy atom. The van der Waals surface area contributed by atoms with Crippen LogP contribution in [0.5, 0.6) is 0 Å². The molecule has 1 unspecified atom stereocenters. The highest BCUT2D eigenvalue weighted by molar-refractivity contribution is 5.08. The maximum absolute atomic E-state index is 3.75. The van der Waals surface area contributed by atoms with Gasteiger partial charge in [-0.15, -0.1) is 5.73 Å². The van der Waals surface area contributed by atoms with Crippen LogP contribution in [0, 0.1) is 5.92 Å². The van der Waals surface area contributed by atoms with E-state index in [9.17, 15) is 0 Å². The van der Waals surface area contributed by atoms with Crippen molar-refractivity contribution in [2.45, 2.75) is 39.7 Å². The maximum atomic E-state index is 3.75. The second-order valence-corrected chi connectivity index (χ2v) is 4.29. The largest absolute Gasteiger partial charge is 0.296 e. The van der Waals surface area contributed by atoms with Crippen LogP contribution in [0.2, 0.25) is 0 Å². The molecule has 1 aliphatic heterocycles. The fourth-order valence-corrected chi connectivity index (χ4v) is 2.32. The van der Waals surface area contributed by atoms with E-state index in [1.807, 2.05) is 0 Å². The van der Waals surface area contributed by atoms with Crippen LogP contribution in [-0.4, -0.2) is 24.0 Å². The average Bonchev–Trinajstić information content (AvgIpc) is 2.56. The highest BCUT2D eigenvalue weighted by Gasteiger charge is 2.25. The minimum absolute atomic E-state index is 0.569. The van der Waals surface area contributed by atoms with Crippen LogP contribution < -0.4 is 0 Å². The molecule has 1 nitrogen and oxygen atoms in total. The van der Waals surface area contributed by atoms with E-state index in [2.05, 4.69) is 38.0 Å². The van der Waals surface area contributed by atoms with Gasteiger partial charge in [-0.3, -0.25) is 4.90 Å². The Balaban J connectivity index is 2.72. The fraction of sp³-hybridized carbons (Fsp3) is 0.750. The molecule has 1 rings (SSSR count). The van der Waals surface area contributed by atoms with E-state index in [4.69, 9.17) is 0 Å². The summed E-state index contributed by atoms with van der Waals surface area (Å²) in [5.41, 5.74) is 4.35. The van der Waals surface area contributed by atoms with Crippen LogP contribution in [0.4, 0.5) is 0 Å². The number of hydrogen-bond acceptors (Lipinski definition) is 1. The Hall–Kier alpha value is -0.520. The fourth-order valence-electron chi connectivity index (χ4n) is 2.32. The second kappa shape index (κ2) is 4.64. The quantitative estimate of drug-likeness (QED) is 0.602. The van der Waals surface area contributed by atoms with E-state index in [0.717, 1.165) is 0 Å². The van der Waals surface area contributed by atoms with Crippen LogP contribution >= 0.6 is 0 Å². The number of rotatable bonds is 3. The molecular formula is C12H21N. The van der Waals surface area contributed by atoms with Crippen molar-refractivity contribution in [2.24, 2.45) is 5.92 Å². The van der Waals surface area contributed by atoms with Crippen molar-refractivity contribution in [3.8, 4) is 0 Å². The van der Waals surface area contributed by atoms with Crippen LogP contribution in [0.3, 0.4) is 0 Å². The normalized spacial score (nSPS) is 20.3. The summed E-state index contributed by atoms with van der Waals surface area (Å²) in [6.07, 6.45) is 2.71. The smallest absolute Gasteiger partial charge is 0.0402 e. The summed E-state index contributed by atoms with van der Waals surface area (Å²) in [5.74, 6) is 0.673. The summed E-state index contributed by atoms with van der Waals surface area (Å²) >= 11 is 0. The van der Waals surface area contributed by atoms with E-state index >= 15 is 0 Å². The van der Waals surface area contributed by atoms with Gasteiger partial charge in [0.15, 0.2) is 0 Å². The molecule has 0 radical (unpaired) electrons. The third-order valence-electron chi connectivity index (χ3n) is 2.89. The first-order valence-electron chi connectivity index (χ1n) is 5.27. The van der Waals surface area contributed by atoms with Crippen molar-refractivity contribution in [2.75, 3.05) is 13.1 Å². The molecule has 0 bridgehead atoms. The Kier molecular flexibility index (Phi) is 3.77. The van der Waals surface area contributed by atoms with Gasteiger partial charge in [0.25, 0.3) is 0 Å². The van der Waals surface area contributed by atoms with Gasteiger partial charge >= 0.3 is 0 Å². The third kappa shape index (κ3) is 2.46. The van der Waals surface area contributed by atoms with E-state index < -0.39 is 0 Å². The van der Waals surface area contributed by atoms with Crippen molar-refractivity contribution >= 4 is 0 Å². The molecule has 1 aliphatic rings. The Morgan fingerprint density at radius 3 is 2.23 bits per heavy atom. The first-order chi connectivity index (χ1) is 6.16. The minimum atomic E-state index is 0.569. The summed E-state index contributed by atoms with van der Waals surface area (Å²) < 4.78 is 0. The average molecular weight is 179 g/mol. The van der Waals surface area contributed by atoms with E-state index in [1.54, 1.807) is 0 Å². The molecule has 0 N–H and O–H groups in total. The van der Waals surface area contributed by atoms with E-state index in [1.165, 1.54) is 31.5 Å². The molecule has 1 heterocycles. The van der Waals surface area contributed by atoms with Gasteiger partial charge in [-0.05, 0) is 44.3 Å². The molecule has 0 aromatic rings. The summed E-state index contributed by atoms with van der Waals surface area (Å²) in [7, 11) is 0. The predicted molar refractivity (Wildman–Crippen MR) is 57.8 cm³/mol. The first-order valence-corrected chi connectivity index (χ1v) is 5.27. The molecule has 1 saturated heterocycles. The van der Waals surface area contributed by atoms with Gasteiger partial charge in [0.1, 0.15) is 0 Å². The molecule has 0 spiro atoms. The van der Waals surface area contributed by atoms with Crippen molar-refractivity contribution < 1.29 is 0 Å². The molecule has 0 aromatic heterocycles. The molecule has 0 aromatic carbocycles. The first kappa shape index (κ1) is 10.6. The monoisotopic (exact) mass is 179 g/mol. The minimum Gasteiger partial charge on any atom is -0.296 e. The number of nitrogens with zero attached hydrogens (tertiary/aromatic N) is 1. The van der Waals surface area contributed by atoms with E-state index in [0.29, 0.717) is 12.0 Å². The van der Waals surface area contributed by atoms with Crippen LogP contribution in [-0.2, 0) is 0 Å². The lowest BCUT2D eigenvalue weighted by atomic mass is 9.96. The Bertz CT molecular complexity index is 205. The van der Waals surface area contributed by atoms with Crippen molar-refractivity contribution in [3.63, 3.8) is 0 Å². The highest BCUT2D eigenvalue weighted by Crippen LogP contribution is 2.22. The molecule has 1 atom stereocenters. The number of hydrogen-bond donors (Lipinski definition) is 0. The molecule has 1 heteroatoms. The molecule has 0 saturated carbocycles. The predicted octanol–water partition coefficient (Wildman–Crippen LogP) is 2.84. The highest BCUT2D eigenvalue weighted by atomic mass is 15.2. The van der Waals surface area contributed by atoms with Crippen molar-refractivity contribution in [3.05, 3.63) is 17.9 Å². The Labute approximate surface area is 82.1 Å². The summed E-state index contributed by atoms with van der Waals surface area (Å²) in [6.45, 7) is 13.0. The van der Waals surface area contributed by atoms with E-state index in [-0.39, 0.29) is 0 Å². The lowest BCUT2D eigenvalue weighted by Crippen LogP contribution is -2.37. The second-order valence-electron chi connectivity index (χ2n) is 4.29. The van der Waals surface area contributed by atoms with Gasteiger partial charge < -0.3 is 0 Å². The lowest BCUT2D eigenvalue weighted by Gasteiger charge is -2.30. The standard InChI is InChI=1S/C12H21N/c1-5-11(4)12(10(2)3)13-8-6-7-9-13/h10,12H,1,6-9H2,2-4H3. The van der Waals surface area contributed by atoms with Gasteiger partial charge in [0, 0.05) is 6.04 Å². The zero-order valence-corrected chi connectivity index (χ0v) is 9.14. The molecule has 1 fully saturated rings. The van der Waals surface area contributed by atoms with Gasteiger partial charge in [-0.1, -0.05) is 20.4 Å². The Morgan fingerprint density at radius 2 is 1.85 bits per heavy atom. The lowest BCUT2D eigenvalue weighted by molar-refractivity contribution is 0.222. The molecular weight excluding hydrogens is 158 g/mol. The maximum Gasteiger partial charge on any atom is 0.0402 e. The van der Waals surface area contributed by atoms with Gasteiger partial charge in [-0.25, -0.2) is 0 Å². The molecule has 74 valence electrons. The van der Waals surface area contributed by atoms with Gasteiger partial charge in [0.05, 0.1) is 0 Å². The number of likely N-dealkylation sites (tertiary alicyclic amines) is 1. The van der Waals surface area contributed by atoms with Crippen molar-refractivity contribution in [1.29, 1.82) is 0 Å². The molecule has 13 heavy (non-hydrogen) atoms. The summed E-state index contributed by atoms with van der Waals surface area (Å²) in [6, 6.07) is 0.569. The van der Waals surface area contributed by atoms with Gasteiger partial charge in [0.2, 0.25) is 0 Å². The van der Waals surface area contributed by atoms with Crippen LogP contribution in [0.15, 0.2) is 17.9 Å². The van der Waals surface area contributed by atoms with Crippen molar-refractivity contribution in [1.82, 2.24) is 4.90 Å². The molecule has 0 aliphatic carbocycles. The third-order valence-corrected chi connectivity index (χ3v) is 2.89. The summed E-state index contributed by atoms with van der Waals surface area (Å²) in [4.78, 5) is 2.57. The SMILES string of the molecule is C=C=C(C)C(C(C)C)N1CCCC1. The van der Waals surface area contributed by atoms with Gasteiger partial charge in [-0.2, -0.15) is 0 Å².